The lowest BCUT2D eigenvalue weighted by Gasteiger charge is -2.20. The molecule has 1 fully saturated rings. The molecule has 5 heteroatoms. The van der Waals surface area contributed by atoms with Crippen LogP contribution in [0.1, 0.15) is 23.1 Å². The molecule has 29 heavy (non-hydrogen) atoms. The maximum Gasteiger partial charge on any atom is 0.239 e. The molecule has 1 saturated heterocycles. The summed E-state index contributed by atoms with van der Waals surface area (Å²) in [7, 11) is 0. The van der Waals surface area contributed by atoms with Crippen molar-refractivity contribution in [1.29, 1.82) is 0 Å². The lowest BCUT2D eigenvalue weighted by molar-refractivity contribution is -0.132. The second-order valence-corrected chi connectivity index (χ2v) is 7.20. The first-order valence-corrected chi connectivity index (χ1v) is 9.82. The summed E-state index contributed by atoms with van der Waals surface area (Å²) in [4.78, 5) is 31.4. The fourth-order valence-corrected chi connectivity index (χ4v) is 3.72. The molecule has 0 saturated carbocycles. The van der Waals surface area contributed by atoms with Crippen molar-refractivity contribution in [2.45, 2.75) is 19.4 Å². The van der Waals surface area contributed by atoms with Gasteiger partial charge in [0.2, 0.25) is 11.8 Å². The fraction of sp³-hybridized carbons (Fsp3) is 0.208. The number of pyridine rings is 1. The van der Waals surface area contributed by atoms with Gasteiger partial charge >= 0.3 is 0 Å². The number of carbonyl (C=O) groups is 2. The molecule has 1 aliphatic rings. The van der Waals surface area contributed by atoms with Gasteiger partial charge < -0.3 is 10.2 Å². The minimum absolute atomic E-state index is 0.130. The maximum atomic E-state index is 13.0. The van der Waals surface area contributed by atoms with Crippen molar-refractivity contribution >= 4 is 17.5 Å². The van der Waals surface area contributed by atoms with Gasteiger partial charge in [-0.2, -0.15) is 0 Å². The van der Waals surface area contributed by atoms with Crippen LogP contribution in [0.15, 0.2) is 79.1 Å². The predicted octanol–water partition coefficient (Wildman–Crippen LogP) is 3.34. The first-order valence-electron chi connectivity index (χ1n) is 9.82. The number of hydrogen-bond donors (Lipinski definition) is 1. The van der Waals surface area contributed by atoms with Gasteiger partial charge in [-0.15, -0.1) is 0 Å². The summed E-state index contributed by atoms with van der Waals surface area (Å²) in [6, 6.07) is 21.8. The monoisotopic (exact) mass is 385 g/mol. The minimum atomic E-state index is -0.642. The number of para-hydroxylation sites is 1. The molecule has 0 radical (unpaired) electrons. The third-order valence-corrected chi connectivity index (χ3v) is 5.23. The lowest BCUT2D eigenvalue weighted by atomic mass is 10.0. The van der Waals surface area contributed by atoms with Crippen LogP contribution >= 0.6 is 0 Å². The molecule has 0 unspecified atom stereocenters. The van der Waals surface area contributed by atoms with Crippen LogP contribution in [0.2, 0.25) is 0 Å². The van der Waals surface area contributed by atoms with Gasteiger partial charge in [0.15, 0.2) is 0 Å². The van der Waals surface area contributed by atoms with Crippen molar-refractivity contribution in [3.05, 3.63) is 95.8 Å². The van der Waals surface area contributed by atoms with Gasteiger partial charge in [-0.3, -0.25) is 14.6 Å². The number of nitrogens with one attached hydrogen (secondary N) is 1. The molecule has 5 nitrogen and oxygen atoms in total. The number of anilines is 1. The Morgan fingerprint density at radius 3 is 2.55 bits per heavy atom. The van der Waals surface area contributed by atoms with E-state index in [1.807, 2.05) is 54.6 Å². The number of nitrogens with zero attached hydrogens (tertiary/aromatic N) is 2. The minimum Gasteiger partial charge on any atom is -0.351 e. The number of carbonyl (C=O) groups excluding carboxylic acids is 2. The van der Waals surface area contributed by atoms with Crippen molar-refractivity contribution in [2.75, 3.05) is 11.4 Å². The maximum absolute atomic E-state index is 13.0. The summed E-state index contributed by atoms with van der Waals surface area (Å²) >= 11 is 0. The zero-order chi connectivity index (χ0) is 20.1. The molecular formula is C24H23N3O2. The van der Waals surface area contributed by atoms with Crippen molar-refractivity contribution < 1.29 is 9.59 Å². The molecule has 0 aliphatic carbocycles. The van der Waals surface area contributed by atoms with Crippen molar-refractivity contribution in [1.82, 2.24) is 10.3 Å². The number of benzene rings is 2. The molecule has 146 valence electrons. The van der Waals surface area contributed by atoms with E-state index < -0.39 is 5.92 Å². The molecule has 0 bridgehead atoms. The van der Waals surface area contributed by atoms with Crippen LogP contribution in [0, 0.1) is 5.92 Å². The number of aromatic nitrogens is 1. The van der Waals surface area contributed by atoms with Gasteiger partial charge in [-0.05, 0) is 41.7 Å². The van der Waals surface area contributed by atoms with Gasteiger partial charge in [0.1, 0.15) is 5.92 Å². The molecule has 4 rings (SSSR count). The van der Waals surface area contributed by atoms with E-state index in [0.717, 1.165) is 23.2 Å². The van der Waals surface area contributed by atoms with Gasteiger partial charge in [0.25, 0.3) is 0 Å². The highest BCUT2D eigenvalue weighted by molar-refractivity contribution is 6.09. The van der Waals surface area contributed by atoms with Gasteiger partial charge in [0, 0.05) is 31.2 Å². The van der Waals surface area contributed by atoms with E-state index >= 15 is 0 Å². The second-order valence-electron chi connectivity index (χ2n) is 7.20. The van der Waals surface area contributed by atoms with Gasteiger partial charge in [-0.1, -0.05) is 54.6 Å². The van der Waals surface area contributed by atoms with Crippen LogP contribution < -0.4 is 10.2 Å². The smallest absolute Gasteiger partial charge is 0.239 e. The molecule has 1 aromatic heterocycles. The molecule has 2 amide bonds. The Morgan fingerprint density at radius 2 is 1.76 bits per heavy atom. The van der Waals surface area contributed by atoms with E-state index in [1.165, 1.54) is 5.56 Å². The number of amides is 2. The standard InChI is InChI=1S/C24H23N3O2/c28-23(26-17-19-9-6-13-25-16-19)21-12-14-27(24(21)29)22-11-5-4-10-20(22)15-18-7-2-1-3-8-18/h1-11,13,16,21H,12,14-15,17H2,(H,26,28)/t21-/m1/s1. The van der Waals surface area contributed by atoms with E-state index in [-0.39, 0.29) is 11.8 Å². The lowest BCUT2D eigenvalue weighted by Crippen LogP contribution is -2.36. The summed E-state index contributed by atoms with van der Waals surface area (Å²) in [6.45, 7) is 0.927. The third kappa shape index (κ3) is 4.35. The summed E-state index contributed by atoms with van der Waals surface area (Å²) in [6.07, 6.45) is 4.68. The summed E-state index contributed by atoms with van der Waals surface area (Å²) < 4.78 is 0. The Bertz CT molecular complexity index is 989. The summed E-state index contributed by atoms with van der Waals surface area (Å²) in [5.41, 5.74) is 4.08. The fourth-order valence-electron chi connectivity index (χ4n) is 3.72. The highest BCUT2D eigenvalue weighted by Crippen LogP contribution is 2.29. The molecular weight excluding hydrogens is 362 g/mol. The molecule has 0 spiro atoms. The predicted molar refractivity (Wildman–Crippen MR) is 112 cm³/mol. The van der Waals surface area contributed by atoms with Crippen LogP contribution in [0.3, 0.4) is 0 Å². The number of hydrogen-bond acceptors (Lipinski definition) is 3. The van der Waals surface area contributed by atoms with Crippen LogP contribution in [-0.2, 0) is 22.6 Å². The zero-order valence-corrected chi connectivity index (χ0v) is 16.1. The van der Waals surface area contributed by atoms with E-state index in [9.17, 15) is 9.59 Å². The Hall–Kier alpha value is -3.47. The third-order valence-electron chi connectivity index (χ3n) is 5.23. The van der Waals surface area contributed by atoms with Crippen LogP contribution in [-0.4, -0.2) is 23.3 Å². The highest BCUT2D eigenvalue weighted by atomic mass is 16.2. The quantitative estimate of drug-likeness (QED) is 0.662. The van der Waals surface area contributed by atoms with Crippen LogP contribution in [0.25, 0.3) is 0 Å². The second kappa shape index (κ2) is 8.69. The summed E-state index contributed by atoms with van der Waals surface area (Å²) in [5.74, 6) is -0.993. The molecule has 2 aromatic carbocycles. The molecule has 1 N–H and O–H groups in total. The number of rotatable bonds is 6. The first-order chi connectivity index (χ1) is 14.2. The van der Waals surface area contributed by atoms with E-state index in [4.69, 9.17) is 0 Å². The Balaban J connectivity index is 1.46. The normalized spacial score (nSPS) is 16.1. The Morgan fingerprint density at radius 1 is 1.00 bits per heavy atom. The van der Waals surface area contributed by atoms with Crippen molar-refractivity contribution in [3.8, 4) is 0 Å². The SMILES string of the molecule is O=C(NCc1cccnc1)[C@H]1CCN(c2ccccc2Cc2ccccc2)C1=O. The van der Waals surface area contributed by atoms with E-state index in [2.05, 4.69) is 22.4 Å². The van der Waals surface area contributed by atoms with Crippen molar-refractivity contribution in [3.63, 3.8) is 0 Å². The average molecular weight is 385 g/mol. The topological polar surface area (TPSA) is 62.3 Å². The molecule has 1 aliphatic heterocycles. The Kier molecular flexibility index (Phi) is 5.66. The van der Waals surface area contributed by atoms with Gasteiger partial charge in [0.05, 0.1) is 0 Å². The Labute approximate surface area is 170 Å². The van der Waals surface area contributed by atoms with Crippen LogP contribution in [0.5, 0.6) is 0 Å². The van der Waals surface area contributed by atoms with Crippen molar-refractivity contribution in [2.24, 2.45) is 5.92 Å². The zero-order valence-electron chi connectivity index (χ0n) is 16.1. The first kappa shape index (κ1) is 18.9. The molecule has 1 atom stereocenters. The van der Waals surface area contributed by atoms with E-state index in [1.54, 1.807) is 17.3 Å². The molecule has 3 aromatic rings. The summed E-state index contributed by atoms with van der Waals surface area (Å²) in [5, 5.41) is 2.87. The average Bonchev–Trinajstić information content (AvgIpc) is 3.15. The highest BCUT2D eigenvalue weighted by Gasteiger charge is 2.38. The van der Waals surface area contributed by atoms with E-state index in [0.29, 0.717) is 19.5 Å². The largest absolute Gasteiger partial charge is 0.351 e. The van der Waals surface area contributed by atoms with Gasteiger partial charge in [-0.25, -0.2) is 0 Å². The molecule has 2 heterocycles. The van der Waals surface area contributed by atoms with Crippen LogP contribution in [0.4, 0.5) is 5.69 Å².